The third-order valence-corrected chi connectivity index (χ3v) is 5.45. The van der Waals surface area contributed by atoms with Crippen LogP contribution in [-0.2, 0) is 17.8 Å². The van der Waals surface area contributed by atoms with E-state index in [4.69, 9.17) is 4.74 Å². The van der Waals surface area contributed by atoms with Gasteiger partial charge in [-0.2, -0.15) is 0 Å². The van der Waals surface area contributed by atoms with Crippen LogP contribution < -0.4 is 5.56 Å². The van der Waals surface area contributed by atoms with Crippen LogP contribution in [0, 0.1) is 0 Å². The topological polar surface area (TPSA) is 55.0 Å². The number of hydrogen-bond acceptors (Lipinski definition) is 5. The van der Waals surface area contributed by atoms with Crippen molar-refractivity contribution in [2.75, 3.05) is 6.26 Å². The molecule has 1 atom stereocenters. The molecule has 0 saturated heterocycles. The van der Waals surface area contributed by atoms with E-state index in [2.05, 4.69) is 23.8 Å². The largest absolute Gasteiger partial charge is 0.369 e. The van der Waals surface area contributed by atoms with Crippen molar-refractivity contribution < 1.29 is 4.74 Å². The van der Waals surface area contributed by atoms with Crippen molar-refractivity contribution in [2.45, 2.75) is 44.1 Å². The van der Waals surface area contributed by atoms with E-state index in [9.17, 15) is 4.79 Å². The van der Waals surface area contributed by atoms with Gasteiger partial charge in [-0.25, -0.2) is 4.98 Å². The Labute approximate surface area is 119 Å². The van der Waals surface area contributed by atoms with Crippen molar-refractivity contribution in [2.24, 2.45) is 0 Å². The van der Waals surface area contributed by atoms with Gasteiger partial charge in [0.1, 0.15) is 4.83 Å². The van der Waals surface area contributed by atoms with E-state index in [0.29, 0.717) is 11.8 Å². The van der Waals surface area contributed by atoms with E-state index in [1.165, 1.54) is 11.8 Å². The monoisotopic (exact) mass is 296 g/mol. The van der Waals surface area contributed by atoms with Crippen molar-refractivity contribution in [1.29, 1.82) is 0 Å². The summed E-state index contributed by atoms with van der Waals surface area (Å²) in [5.41, 5.74) is 0.954. The number of nitrogens with one attached hydrogen (secondary N) is 1. The number of nitrogens with zero attached hydrogens (tertiary/aromatic N) is 1. The number of rotatable bonds is 2. The first kappa shape index (κ1) is 13.1. The Hall–Kier alpha value is -0.850. The molecular formula is C13H16N2O2S2. The molecule has 0 radical (unpaired) electrons. The maximum Gasteiger partial charge on any atom is 0.260 e. The maximum atomic E-state index is 12.2. The predicted octanol–water partition coefficient (Wildman–Crippen LogP) is 2.95. The molecule has 102 valence electrons. The molecule has 4 nitrogen and oxygen atoms in total. The minimum absolute atomic E-state index is 0.0211. The standard InChI is InChI=1S/C13H16N2O2S2/c1-4-13(2)5-7-8(6-17-13)19-11-9(7)10(16)14-12(15-11)18-3/h4-6H2,1-3H3,(H,14,15,16)/t13-/m0/s1. The second kappa shape index (κ2) is 4.61. The summed E-state index contributed by atoms with van der Waals surface area (Å²) in [5, 5.41) is 1.44. The van der Waals surface area contributed by atoms with Crippen molar-refractivity contribution >= 4 is 33.3 Å². The van der Waals surface area contributed by atoms with Crippen LogP contribution in [0.15, 0.2) is 9.95 Å². The molecule has 0 unspecified atom stereocenters. The maximum absolute atomic E-state index is 12.2. The molecule has 2 aromatic rings. The van der Waals surface area contributed by atoms with Crippen LogP contribution >= 0.6 is 23.1 Å². The molecule has 0 spiro atoms. The number of H-pyrrole nitrogens is 1. The molecule has 0 amide bonds. The molecule has 2 aromatic heterocycles. The van der Waals surface area contributed by atoms with Crippen LogP contribution in [0.4, 0.5) is 0 Å². The number of thiophene rings is 1. The lowest BCUT2D eigenvalue weighted by Crippen LogP contribution is -2.34. The minimum Gasteiger partial charge on any atom is -0.369 e. The van der Waals surface area contributed by atoms with Crippen LogP contribution in [0.3, 0.4) is 0 Å². The van der Waals surface area contributed by atoms with Gasteiger partial charge in [0.2, 0.25) is 0 Å². The van der Waals surface area contributed by atoms with Crippen LogP contribution in [0.25, 0.3) is 10.2 Å². The first-order valence-electron chi connectivity index (χ1n) is 6.29. The highest BCUT2D eigenvalue weighted by Gasteiger charge is 2.32. The Balaban J connectivity index is 2.21. The lowest BCUT2D eigenvalue weighted by Gasteiger charge is -2.32. The molecule has 3 heterocycles. The second-order valence-corrected chi connectivity index (χ2v) is 6.91. The Bertz CT molecular complexity index is 692. The molecule has 3 rings (SSSR count). The molecule has 0 fully saturated rings. The van der Waals surface area contributed by atoms with Gasteiger partial charge >= 0.3 is 0 Å². The highest BCUT2D eigenvalue weighted by atomic mass is 32.2. The van der Waals surface area contributed by atoms with E-state index < -0.39 is 0 Å². The molecule has 0 aromatic carbocycles. The molecule has 6 heteroatoms. The van der Waals surface area contributed by atoms with E-state index in [-0.39, 0.29) is 11.2 Å². The van der Waals surface area contributed by atoms with Gasteiger partial charge in [-0.3, -0.25) is 4.79 Å². The zero-order chi connectivity index (χ0) is 13.6. The van der Waals surface area contributed by atoms with Gasteiger partial charge in [0.25, 0.3) is 5.56 Å². The zero-order valence-corrected chi connectivity index (χ0v) is 12.8. The Morgan fingerprint density at radius 2 is 2.37 bits per heavy atom. The lowest BCUT2D eigenvalue weighted by atomic mass is 9.90. The van der Waals surface area contributed by atoms with Gasteiger partial charge in [0.15, 0.2) is 5.16 Å². The number of aromatic amines is 1. The quantitative estimate of drug-likeness (QED) is 0.684. The summed E-state index contributed by atoms with van der Waals surface area (Å²) in [6.07, 6.45) is 3.65. The number of thioether (sulfide) groups is 1. The van der Waals surface area contributed by atoms with Crippen molar-refractivity contribution in [1.82, 2.24) is 9.97 Å². The van der Waals surface area contributed by atoms with E-state index in [0.717, 1.165) is 33.5 Å². The average Bonchev–Trinajstić information content (AvgIpc) is 2.76. The predicted molar refractivity (Wildman–Crippen MR) is 79.2 cm³/mol. The summed E-state index contributed by atoms with van der Waals surface area (Å²) in [5.74, 6) is 0. The summed E-state index contributed by atoms with van der Waals surface area (Å²) in [6, 6.07) is 0. The highest BCUT2D eigenvalue weighted by Crippen LogP contribution is 2.38. The van der Waals surface area contributed by atoms with E-state index in [1.54, 1.807) is 11.3 Å². The Morgan fingerprint density at radius 1 is 1.58 bits per heavy atom. The second-order valence-electron chi connectivity index (χ2n) is 5.03. The fourth-order valence-electron chi connectivity index (χ4n) is 2.38. The number of hydrogen-bond donors (Lipinski definition) is 1. The molecular weight excluding hydrogens is 280 g/mol. The van der Waals surface area contributed by atoms with E-state index >= 15 is 0 Å². The minimum atomic E-state index is -0.161. The zero-order valence-electron chi connectivity index (χ0n) is 11.2. The van der Waals surface area contributed by atoms with Crippen LogP contribution in [0.5, 0.6) is 0 Å². The van der Waals surface area contributed by atoms with Crippen LogP contribution in [0.1, 0.15) is 30.7 Å². The Kier molecular flexibility index (Phi) is 3.19. The third-order valence-electron chi connectivity index (χ3n) is 3.77. The van der Waals surface area contributed by atoms with Crippen molar-refractivity contribution in [3.8, 4) is 0 Å². The summed E-state index contributed by atoms with van der Waals surface area (Å²) in [7, 11) is 0. The Morgan fingerprint density at radius 3 is 3.05 bits per heavy atom. The lowest BCUT2D eigenvalue weighted by molar-refractivity contribution is -0.0543. The van der Waals surface area contributed by atoms with Gasteiger partial charge in [-0.1, -0.05) is 18.7 Å². The molecule has 1 N–H and O–H groups in total. The fourth-order valence-corrected chi connectivity index (χ4v) is 3.92. The summed E-state index contributed by atoms with van der Waals surface area (Å²) >= 11 is 3.04. The average molecular weight is 296 g/mol. The van der Waals surface area contributed by atoms with Gasteiger partial charge in [-0.05, 0) is 25.2 Å². The van der Waals surface area contributed by atoms with Gasteiger partial charge in [-0.15, -0.1) is 11.3 Å². The van der Waals surface area contributed by atoms with Crippen molar-refractivity contribution in [3.63, 3.8) is 0 Å². The van der Waals surface area contributed by atoms with Gasteiger partial charge in [0.05, 0.1) is 17.6 Å². The SMILES string of the molecule is CC[C@@]1(C)Cc2c(sc3nc(SC)[nH]c(=O)c23)CO1. The molecule has 0 bridgehead atoms. The smallest absolute Gasteiger partial charge is 0.260 e. The molecule has 0 aliphatic carbocycles. The molecule has 0 saturated carbocycles. The van der Waals surface area contributed by atoms with Crippen molar-refractivity contribution in [3.05, 3.63) is 20.8 Å². The molecule has 1 aliphatic heterocycles. The highest BCUT2D eigenvalue weighted by molar-refractivity contribution is 7.98. The number of ether oxygens (including phenoxy) is 1. The number of fused-ring (bicyclic) bond motifs is 3. The molecule has 1 aliphatic rings. The summed E-state index contributed by atoms with van der Waals surface area (Å²) in [6.45, 7) is 4.82. The van der Waals surface area contributed by atoms with Crippen LogP contribution in [-0.4, -0.2) is 21.8 Å². The van der Waals surface area contributed by atoms with Gasteiger partial charge < -0.3 is 9.72 Å². The summed E-state index contributed by atoms with van der Waals surface area (Å²) in [4.78, 5) is 21.6. The molecule has 19 heavy (non-hydrogen) atoms. The first-order valence-corrected chi connectivity index (χ1v) is 8.33. The third kappa shape index (κ3) is 2.11. The fraction of sp³-hybridized carbons (Fsp3) is 0.538. The normalized spacial score (nSPS) is 22.7. The first-order chi connectivity index (χ1) is 9.06. The number of aromatic nitrogens is 2. The van der Waals surface area contributed by atoms with Gasteiger partial charge in [0, 0.05) is 11.3 Å². The van der Waals surface area contributed by atoms with Crippen LogP contribution in [0.2, 0.25) is 0 Å². The van der Waals surface area contributed by atoms with E-state index in [1.807, 2.05) is 6.26 Å². The summed E-state index contributed by atoms with van der Waals surface area (Å²) < 4.78 is 5.93.